The van der Waals surface area contributed by atoms with Gasteiger partial charge >= 0.3 is 0 Å². The van der Waals surface area contributed by atoms with Gasteiger partial charge in [-0.05, 0) is 32.6 Å². The van der Waals surface area contributed by atoms with Gasteiger partial charge in [-0.3, -0.25) is 4.99 Å². The molecule has 2 unspecified atom stereocenters. The fourth-order valence-electron chi connectivity index (χ4n) is 3.71. The molecule has 1 saturated carbocycles. The Bertz CT molecular complexity index is 546. The van der Waals surface area contributed by atoms with Gasteiger partial charge < -0.3 is 19.9 Å². The molecule has 2 fully saturated rings. The summed E-state index contributed by atoms with van der Waals surface area (Å²) in [4.78, 5) is 4.81. The zero-order valence-electron chi connectivity index (χ0n) is 15.6. The summed E-state index contributed by atoms with van der Waals surface area (Å²) in [6.07, 6.45) is 10.4. The van der Waals surface area contributed by atoms with Crippen LogP contribution in [-0.2, 0) is 17.7 Å². The highest BCUT2D eigenvalue weighted by molar-refractivity contribution is 5.80. The van der Waals surface area contributed by atoms with Crippen molar-refractivity contribution in [2.24, 2.45) is 4.99 Å². The largest absolute Gasteiger partial charge is 0.376 e. The lowest BCUT2D eigenvalue weighted by molar-refractivity contribution is 0.0889. The van der Waals surface area contributed by atoms with Crippen LogP contribution in [0.3, 0.4) is 0 Å². The molecule has 1 aromatic rings. The first-order valence-corrected chi connectivity index (χ1v) is 9.82. The van der Waals surface area contributed by atoms with Crippen molar-refractivity contribution in [1.82, 2.24) is 25.4 Å². The minimum atomic E-state index is 0.274. The molecule has 7 nitrogen and oxygen atoms in total. The lowest BCUT2D eigenvalue weighted by atomic mass is 10.1. The van der Waals surface area contributed by atoms with Gasteiger partial charge in [0.2, 0.25) is 0 Å². The predicted octanol–water partition coefficient (Wildman–Crippen LogP) is 1.89. The summed E-state index contributed by atoms with van der Waals surface area (Å²) in [7, 11) is 0. The molecule has 1 aromatic heterocycles. The minimum Gasteiger partial charge on any atom is -0.376 e. The van der Waals surface area contributed by atoms with E-state index in [1.807, 2.05) is 0 Å². The zero-order valence-corrected chi connectivity index (χ0v) is 15.6. The van der Waals surface area contributed by atoms with Crippen molar-refractivity contribution >= 4 is 5.96 Å². The number of hydrogen-bond acceptors (Lipinski definition) is 4. The molecule has 2 heterocycles. The van der Waals surface area contributed by atoms with Gasteiger partial charge in [0.05, 0.1) is 18.7 Å². The second kappa shape index (κ2) is 9.17. The lowest BCUT2D eigenvalue weighted by Crippen LogP contribution is -2.49. The van der Waals surface area contributed by atoms with Crippen LogP contribution in [-0.4, -0.2) is 52.1 Å². The van der Waals surface area contributed by atoms with Crippen LogP contribution in [0.4, 0.5) is 0 Å². The molecule has 25 heavy (non-hydrogen) atoms. The Hall–Kier alpha value is -1.63. The van der Waals surface area contributed by atoms with E-state index in [2.05, 4.69) is 39.2 Å². The predicted molar refractivity (Wildman–Crippen MR) is 98.7 cm³/mol. The van der Waals surface area contributed by atoms with E-state index in [1.165, 1.54) is 25.7 Å². The summed E-state index contributed by atoms with van der Waals surface area (Å²) < 4.78 is 7.90. The van der Waals surface area contributed by atoms with Crippen molar-refractivity contribution in [2.45, 2.75) is 83.5 Å². The second-order valence-corrected chi connectivity index (χ2v) is 7.13. The van der Waals surface area contributed by atoms with Crippen LogP contribution in [0.5, 0.6) is 0 Å². The topological polar surface area (TPSA) is 76.4 Å². The molecule has 0 amide bonds. The van der Waals surface area contributed by atoms with Crippen LogP contribution in [0.15, 0.2) is 11.3 Å². The number of aliphatic imine (C=N–C) groups is 1. The smallest absolute Gasteiger partial charge is 0.191 e. The summed E-state index contributed by atoms with van der Waals surface area (Å²) in [5.74, 6) is 1.93. The fourth-order valence-corrected chi connectivity index (χ4v) is 3.71. The molecule has 7 heteroatoms. The third-order valence-corrected chi connectivity index (χ3v) is 5.21. The number of aromatic nitrogens is 3. The van der Waals surface area contributed by atoms with Crippen molar-refractivity contribution in [2.75, 3.05) is 13.2 Å². The van der Waals surface area contributed by atoms with E-state index in [9.17, 15) is 0 Å². The van der Waals surface area contributed by atoms with Crippen LogP contribution in [0, 0.1) is 0 Å². The number of ether oxygens (including phenoxy) is 1. The zero-order chi connectivity index (χ0) is 17.5. The van der Waals surface area contributed by atoms with Crippen molar-refractivity contribution in [3.63, 3.8) is 0 Å². The molecule has 3 rings (SSSR count). The Kier molecular flexibility index (Phi) is 6.67. The molecule has 0 bridgehead atoms. The Balaban J connectivity index is 1.57. The van der Waals surface area contributed by atoms with Crippen molar-refractivity contribution in [1.29, 1.82) is 0 Å². The average molecular weight is 348 g/mol. The normalized spacial score (nSPS) is 23.1. The number of guanidine groups is 1. The maximum Gasteiger partial charge on any atom is 0.191 e. The summed E-state index contributed by atoms with van der Waals surface area (Å²) in [5, 5.41) is 15.3. The summed E-state index contributed by atoms with van der Waals surface area (Å²) in [6, 6.07) is 0.820. The third kappa shape index (κ3) is 5.17. The van der Waals surface area contributed by atoms with Gasteiger partial charge in [0.25, 0.3) is 0 Å². The third-order valence-electron chi connectivity index (χ3n) is 5.21. The van der Waals surface area contributed by atoms with E-state index < -0.39 is 0 Å². The van der Waals surface area contributed by atoms with Gasteiger partial charge in [-0.15, -0.1) is 10.2 Å². The average Bonchev–Trinajstić information content (AvgIpc) is 3.37. The highest BCUT2D eigenvalue weighted by Gasteiger charge is 2.24. The van der Waals surface area contributed by atoms with Gasteiger partial charge in [-0.1, -0.05) is 19.8 Å². The van der Waals surface area contributed by atoms with Crippen molar-refractivity contribution in [3.05, 3.63) is 12.2 Å². The first kappa shape index (κ1) is 18.2. The molecule has 140 valence electrons. The van der Waals surface area contributed by atoms with Gasteiger partial charge in [0, 0.05) is 25.6 Å². The molecule has 1 saturated heterocycles. The number of hydrogen-bond donors (Lipinski definition) is 2. The van der Waals surface area contributed by atoms with E-state index >= 15 is 0 Å². The summed E-state index contributed by atoms with van der Waals surface area (Å²) >= 11 is 0. The highest BCUT2D eigenvalue weighted by Crippen LogP contribution is 2.18. The van der Waals surface area contributed by atoms with Gasteiger partial charge in [-0.25, -0.2) is 0 Å². The maximum absolute atomic E-state index is 5.81. The molecule has 0 aromatic carbocycles. The molecule has 2 aliphatic rings. The van der Waals surface area contributed by atoms with E-state index in [1.54, 1.807) is 6.33 Å². The molecular formula is C18H32N6O. The molecular weight excluding hydrogens is 316 g/mol. The van der Waals surface area contributed by atoms with Crippen molar-refractivity contribution < 1.29 is 4.74 Å². The Morgan fingerprint density at radius 3 is 2.92 bits per heavy atom. The highest BCUT2D eigenvalue weighted by atomic mass is 16.5. The van der Waals surface area contributed by atoms with Crippen LogP contribution in [0.1, 0.15) is 58.2 Å². The number of aryl methyl sites for hydroxylation is 1. The Labute approximate surface area is 150 Å². The minimum absolute atomic E-state index is 0.274. The molecule has 1 aliphatic carbocycles. The molecule has 0 spiro atoms. The Morgan fingerprint density at radius 2 is 2.20 bits per heavy atom. The maximum atomic E-state index is 5.81. The van der Waals surface area contributed by atoms with Gasteiger partial charge in [-0.2, -0.15) is 0 Å². The van der Waals surface area contributed by atoms with Crippen molar-refractivity contribution in [3.8, 4) is 0 Å². The van der Waals surface area contributed by atoms with Crippen LogP contribution in [0.25, 0.3) is 0 Å². The molecule has 2 atom stereocenters. The number of nitrogens with zero attached hydrogens (tertiary/aromatic N) is 4. The van der Waals surface area contributed by atoms with E-state index in [0.29, 0.717) is 18.7 Å². The SMILES string of the molecule is CCc1nncn1CCN=C(NC1CCCC1)NC(C)C1CCCO1. The van der Waals surface area contributed by atoms with Crippen LogP contribution in [0.2, 0.25) is 0 Å². The monoisotopic (exact) mass is 348 g/mol. The summed E-state index contributed by atoms with van der Waals surface area (Å²) in [6.45, 7) is 6.69. The number of rotatable bonds is 7. The van der Waals surface area contributed by atoms with Crippen LogP contribution < -0.4 is 10.6 Å². The van der Waals surface area contributed by atoms with Crippen LogP contribution >= 0.6 is 0 Å². The van der Waals surface area contributed by atoms with E-state index in [4.69, 9.17) is 9.73 Å². The molecule has 2 N–H and O–H groups in total. The summed E-state index contributed by atoms with van der Waals surface area (Å²) in [5.41, 5.74) is 0. The lowest BCUT2D eigenvalue weighted by Gasteiger charge is -2.24. The second-order valence-electron chi connectivity index (χ2n) is 7.13. The standard InChI is InChI=1S/C18H32N6O/c1-3-17-23-20-13-24(17)11-10-19-18(22-15-7-4-5-8-15)21-14(2)16-9-6-12-25-16/h13-16H,3-12H2,1-2H3,(H2,19,21,22). The first-order valence-electron chi connectivity index (χ1n) is 9.82. The first-order chi connectivity index (χ1) is 12.3. The van der Waals surface area contributed by atoms with E-state index in [0.717, 1.165) is 44.2 Å². The van der Waals surface area contributed by atoms with E-state index in [-0.39, 0.29) is 6.04 Å². The molecule has 1 aliphatic heterocycles. The fraction of sp³-hybridized carbons (Fsp3) is 0.833. The number of nitrogens with one attached hydrogen (secondary N) is 2. The quantitative estimate of drug-likeness (QED) is 0.581. The van der Waals surface area contributed by atoms with Gasteiger partial charge in [0.15, 0.2) is 5.96 Å². The van der Waals surface area contributed by atoms with Gasteiger partial charge in [0.1, 0.15) is 12.2 Å². The Morgan fingerprint density at radius 1 is 1.36 bits per heavy atom. The molecule has 0 radical (unpaired) electrons.